The molecule has 3 heterocycles. The van der Waals surface area contributed by atoms with Crippen LogP contribution in [0.3, 0.4) is 0 Å². The smallest absolute Gasteiger partial charge is 0.340 e. The number of nitrogens with one attached hydrogen (secondary N) is 6. The summed E-state index contributed by atoms with van der Waals surface area (Å²) in [5.74, 6) is -5.54. The predicted octanol–water partition coefficient (Wildman–Crippen LogP) is 3.38. The van der Waals surface area contributed by atoms with Crippen LogP contribution in [0.25, 0.3) is 0 Å². The molecule has 1 fully saturated rings. The van der Waals surface area contributed by atoms with Crippen molar-refractivity contribution in [3.05, 3.63) is 147 Å². The van der Waals surface area contributed by atoms with E-state index in [1.54, 1.807) is 90.6 Å². The minimum absolute atomic E-state index is 0.0267. The van der Waals surface area contributed by atoms with Crippen molar-refractivity contribution in [2.75, 3.05) is 57.3 Å². The van der Waals surface area contributed by atoms with E-state index >= 15 is 0 Å². The molecule has 3 aliphatic rings. The maximum absolute atomic E-state index is 13.9. The van der Waals surface area contributed by atoms with Crippen LogP contribution in [0, 0.1) is 0 Å². The number of likely N-dealkylation sites (N-methyl/N-ethyl adjacent to an activating group) is 1. The van der Waals surface area contributed by atoms with Crippen LogP contribution in [0.15, 0.2) is 103 Å². The summed E-state index contributed by atoms with van der Waals surface area (Å²) in [6.07, 6.45) is 6.83. The first-order valence-corrected chi connectivity index (χ1v) is 28.9. The van der Waals surface area contributed by atoms with Crippen molar-refractivity contribution in [2.24, 2.45) is 0 Å². The second-order valence-corrected chi connectivity index (χ2v) is 21.4. The monoisotopic (exact) mass is 1190 g/mol. The van der Waals surface area contributed by atoms with Crippen molar-refractivity contribution >= 4 is 100 Å². The van der Waals surface area contributed by atoms with E-state index in [9.17, 15) is 57.5 Å². The van der Waals surface area contributed by atoms with E-state index in [0.29, 0.717) is 57.8 Å². The van der Waals surface area contributed by atoms with Crippen LogP contribution in [0.4, 0.5) is 10.5 Å². The molecule has 442 valence electrons. The third-order valence-electron chi connectivity index (χ3n) is 14.0. The lowest BCUT2D eigenvalue weighted by Gasteiger charge is -2.35. The van der Waals surface area contributed by atoms with Gasteiger partial charge in [-0.3, -0.25) is 52.8 Å². The Morgan fingerprint density at radius 3 is 2.23 bits per heavy atom. The molecule has 4 aromatic carbocycles. The van der Waals surface area contributed by atoms with Gasteiger partial charge in [0.1, 0.15) is 12.1 Å². The van der Waals surface area contributed by atoms with Gasteiger partial charge in [0.15, 0.2) is 6.73 Å². The molecule has 6 N–H and O–H groups in total. The van der Waals surface area contributed by atoms with E-state index in [4.69, 9.17) is 16.3 Å². The highest BCUT2D eigenvalue weighted by Crippen LogP contribution is 2.30. The molecule has 0 aliphatic carbocycles. The molecule has 25 heteroatoms. The van der Waals surface area contributed by atoms with Gasteiger partial charge in [0.2, 0.25) is 35.4 Å². The molecule has 23 nitrogen and oxygen atoms in total. The number of piperidine rings is 1. The van der Waals surface area contributed by atoms with Gasteiger partial charge < -0.3 is 46.4 Å². The number of nitrogens with zero attached hydrogens (tertiary/aromatic N) is 4. The summed E-state index contributed by atoms with van der Waals surface area (Å²) in [6.45, 7) is -1.89. The summed E-state index contributed by atoms with van der Waals surface area (Å²) in [6, 6.07) is 22.8. The quantitative estimate of drug-likeness (QED) is 0.0270. The minimum Gasteiger partial charge on any atom is -0.440 e. The van der Waals surface area contributed by atoms with E-state index in [0.717, 1.165) is 27.5 Å². The minimum atomic E-state index is -1.18. The molecule has 84 heavy (non-hydrogen) atoms. The molecular formula is C59H65ClN10O13S. The molecule has 1 saturated heterocycles. The number of hydrogen-bond donors (Lipinski definition) is 6. The zero-order valence-electron chi connectivity index (χ0n) is 46.4. The summed E-state index contributed by atoms with van der Waals surface area (Å²) in [5, 5.41) is 16.1. The molecule has 0 bridgehead atoms. The lowest BCUT2D eigenvalue weighted by Crippen LogP contribution is -2.55. The number of amides is 12. The molecule has 2 atom stereocenters. The highest BCUT2D eigenvalue weighted by atomic mass is 35.5. The Labute approximate surface area is 493 Å². The summed E-state index contributed by atoms with van der Waals surface area (Å²) >= 11 is 8.13. The molecule has 0 spiro atoms. The van der Waals surface area contributed by atoms with Gasteiger partial charge in [0.25, 0.3) is 23.6 Å². The molecule has 3 aliphatic heterocycles. The number of rotatable bonds is 28. The van der Waals surface area contributed by atoms with Crippen molar-refractivity contribution in [3.8, 4) is 0 Å². The predicted molar refractivity (Wildman–Crippen MR) is 309 cm³/mol. The zero-order valence-corrected chi connectivity index (χ0v) is 47.9. The number of fused-ring (bicyclic) bond motifs is 1. The zero-order chi connectivity index (χ0) is 60.3. The number of carbonyl (C=O) groups is 12. The van der Waals surface area contributed by atoms with Crippen molar-refractivity contribution < 1.29 is 62.3 Å². The number of halogens is 1. The summed E-state index contributed by atoms with van der Waals surface area (Å²) < 4.78 is 5.53. The van der Waals surface area contributed by atoms with Crippen LogP contribution in [-0.2, 0) is 80.4 Å². The number of unbranched alkanes of at least 4 members (excludes halogenated alkanes) is 2. The normalized spacial score (nSPS) is 14.9. The van der Waals surface area contributed by atoms with Crippen LogP contribution in [0.5, 0.6) is 0 Å². The number of carbonyl (C=O) groups excluding carboxylic acids is 12. The summed E-state index contributed by atoms with van der Waals surface area (Å²) in [4.78, 5) is 160. The van der Waals surface area contributed by atoms with Crippen LogP contribution in [0.1, 0.15) is 87.1 Å². The molecule has 1 unspecified atom stereocenters. The fourth-order valence-electron chi connectivity index (χ4n) is 9.42. The molecule has 12 amide bonds. The molecule has 7 rings (SSSR count). The standard InChI is InChI=1S/C59H65ClN10O13S/c1-67(54(77)33-63-55(78)46(28-37-11-5-3-6-12-37)66-50(73)32-62-49(72)31-61-48(71)15-7-4-10-25-68-51(74)22-23-52(68)75)34-40-13-8-9-14-44(40)58(81)83-36-70-53(76)21-20-47(57(70)80)69-35-41-27-38(16-19-43(41)56(69)79)30-64-59(82)65-42-18-17-39(24-26-84-2)45(60)29-42/h3,5-6,8-9,11-14,16-19,22-23,27,29,46-47H,4,7,10,15,20-21,24-26,28,30-36H2,1-2H3,(H,61,71)(H,62,72)(H,63,78)(H,66,73)(H2,64,65,82)/t46-,47?/m0/s1. The van der Waals surface area contributed by atoms with Crippen molar-refractivity contribution in [1.82, 2.24) is 46.2 Å². The number of imide groups is 2. The van der Waals surface area contributed by atoms with E-state index in [-0.39, 0.29) is 69.2 Å². The number of anilines is 1. The van der Waals surface area contributed by atoms with Crippen molar-refractivity contribution in [1.29, 1.82) is 0 Å². The molecule has 0 aromatic heterocycles. The number of aryl methyl sites for hydroxylation is 1. The average molecular weight is 1190 g/mol. The van der Waals surface area contributed by atoms with Crippen molar-refractivity contribution in [3.63, 3.8) is 0 Å². The number of ether oxygens (including phenoxy) is 1. The first-order chi connectivity index (χ1) is 40.4. The van der Waals surface area contributed by atoms with E-state index in [1.165, 1.54) is 35.1 Å². The van der Waals surface area contributed by atoms with Gasteiger partial charge in [0.05, 0.1) is 25.2 Å². The van der Waals surface area contributed by atoms with E-state index in [2.05, 4.69) is 31.9 Å². The van der Waals surface area contributed by atoms with E-state index in [1.807, 2.05) is 12.3 Å². The average Bonchev–Trinajstić information content (AvgIpc) is 4.23. The maximum atomic E-state index is 13.9. The summed E-state index contributed by atoms with van der Waals surface area (Å²) in [5.41, 5.74) is 4.27. The van der Waals surface area contributed by atoms with Gasteiger partial charge in [-0.25, -0.2) is 14.5 Å². The van der Waals surface area contributed by atoms with Gasteiger partial charge >= 0.3 is 12.0 Å². The first kappa shape index (κ1) is 62.7. The Balaban J connectivity index is 0.847. The topological polar surface area (TPSA) is 299 Å². The van der Waals surface area contributed by atoms with Crippen LogP contribution >= 0.6 is 23.4 Å². The number of esters is 1. The maximum Gasteiger partial charge on any atom is 0.340 e. The van der Waals surface area contributed by atoms with Gasteiger partial charge in [-0.2, -0.15) is 11.8 Å². The summed E-state index contributed by atoms with van der Waals surface area (Å²) in [7, 11) is 1.44. The second kappa shape index (κ2) is 30.4. The SMILES string of the molecule is CSCCc1ccc(NC(=O)NCc2ccc3c(c2)CN(C2CCC(=O)N(COC(=O)c4ccccc4CN(C)C(=O)CNC(=O)[C@H](Cc4ccccc4)NC(=O)CNC(=O)CNC(=O)CCCCCN4C(=O)C=CC4=O)C2=O)C3=O)cc1Cl. The fraction of sp³-hybridized carbons (Fsp3) is 0.356. The highest BCUT2D eigenvalue weighted by Gasteiger charge is 2.43. The molecule has 0 saturated carbocycles. The fourth-order valence-corrected chi connectivity index (χ4v) is 10.1. The lowest BCUT2D eigenvalue weighted by atomic mass is 10.0. The molecular weight excluding hydrogens is 1120 g/mol. The first-order valence-electron chi connectivity index (χ1n) is 27.1. The van der Waals surface area contributed by atoms with Crippen LogP contribution in [-0.4, -0.2) is 155 Å². The van der Waals surface area contributed by atoms with E-state index < -0.39 is 97.7 Å². The third-order valence-corrected chi connectivity index (χ3v) is 15.0. The largest absolute Gasteiger partial charge is 0.440 e. The van der Waals surface area contributed by atoms with Crippen LogP contribution < -0.4 is 31.9 Å². The Morgan fingerprint density at radius 1 is 0.750 bits per heavy atom. The highest BCUT2D eigenvalue weighted by molar-refractivity contribution is 7.98. The van der Waals surface area contributed by atoms with Gasteiger partial charge in [0, 0.05) is 80.9 Å². The number of thioether (sulfide) groups is 1. The van der Waals surface area contributed by atoms with Crippen molar-refractivity contribution in [2.45, 2.75) is 83.1 Å². The molecule has 4 aromatic rings. The number of urea groups is 1. The van der Waals surface area contributed by atoms with Gasteiger partial charge in [-0.1, -0.05) is 84.8 Å². The van der Waals surface area contributed by atoms with Crippen LogP contribution in [0.2, 0.25) is 5.02 Å². The number of hydrogen-bond acceptors (Lipinski definition) is 14. The Kier molecular flexibility index (Phi) is 22.7. The second-order valence-electron chi connectivity index (χ2n) is 20.0. The van der Waals surface area contributed by atoms with Gasteiger partial charge in [-0.05, 0) is 89.8 Å². The Bertz CT molecular complexity index is 3200. The molecule has 0 radical (unpaired) electrons. The lowest BCUT2D eigenvalue weighted by molar-refractivity contribution is -0.157. The number of benzene rings is 4. The Morgan fingerprint density at radius 2 is 1.48 bits per heavy atom. The number of likely N-dealkylation sites (tertiary alicyclic amines) is 1. The van der Waals surface area contributed by atoms with Gasteiger partial charge in [-0.15, -0.1) is 0 Å². The Hall–Kier alpha value is -8.90. The third kappa shape index (κ3) is 17.6.